The van der Waals surface area contributed by atoms with E-state index in [4.69, 9.17) is 0 Å². The smallest absolute Gasteiger partial charge is 0.233 e. The van der Waals surface area contributed by atoms with Gasteiger partial charge in [-0.15, -0.1) is 11.8 Å². The van der Waals surface area contributed by atoms with Crippen LogP contribution in [0.5, 0.6) is 0 Å². The number of hydrogen-bond acceptors (Lipinski definition) is 2. The zero-order valence-electron chi connectivity index (χ0n) is 12.8. The molecule has 0 saturated carbocycles. The molecular formula is C18H20FNOS. The maximum absolute atomic E-state index is 12.8. The maximum atomic E-state index is 12.8. The number of nitrogens with one attached hydrogen (secondary N) is 1. The summed E-state index contributed by atoms with van der Waals surface area (Å²) in [5, 5.41) is 2.76. The molecule has 1 N–H and O–H groups in total. The number of carbonyl (C=O) groups is 1. The van der Waals surface area contributed by atoms with Gasteiger partial charge in [0, 0.05) is 12.3 Å². The van der Waals surface area contributed by atoms with Crippen molar-refractivity contribution in [1.29, 1.82) is 0 Å². The zero-order chi connectivity index (χ0) is 15.9. The molecule has 0 bridgehead atoms. The molecule has 0 saturated heterocycles. The first-order chi connectivity index (χ1) is 10.5. The van der Waals surface area contributed by atoms with Crippen molar-refractivity contribution in [1.82, 2.24) is 5.32 Å². The zero-order valence-corrected chi connectivity index (χ0v) is 13.6. The van der Waals surface area contributed by atoms with Gasteiger partial charge in [0.1, 0.15) is 5.82 Å². The normalized spacial score (nSPS) is 12.0. The minimum Gasteiger partial charge on any atom is -0.351 e. The molecule has 2 aromatic carbocycles. The van der Waals surface area contributed by atoms with E-state index < -0.39 is 0 Å². The topological polar surface area (TPSA) is 29.1 Å². The van der Waals surface area contributed by atoms with Gasteiger partial charge in [-0.1, -0.05) is 42.0 Å². The largest absolute Gasteiger partial charge is 0.351 e. The van der Waals surface area contributed by atoms with Crippen LogP contribution in [0.4, 0.5) is 4.39 Å². The second-order valence-electron chi connectivity index (χ2n) is 5.29. The summed E-state index contributed by atoms with van der Waals surface area (Å²) in [6, 6.07) is 14.5. The van der Waals surface area contributed by atoms with Gasteiger partial charge in [0.05, 0.1) is 5.25 Å². The van der Waals surface area contributed by atoms with E-state index in [1.54, 1.807) is 23.9 Å². The highest BCUT2D eigenvalue weighted by molar-refractivity contribution is 7.99. The molecule has 116 valence electrons. The van der Waals surface area contributed by atoms with E-state index in [2.05, 4.69) is 30.4 Å². The van der Waals surface area contributed by atoms with E-state index >= 15 is 0 Å². The number of thioether (sulfide) groups is 1. The molecule has 1 amide bonds. The van der Waals surface area contributed by atoms with Crippen molar-refractivity contribution in [2.24, 2.45) is 0 Å². The second kappa shape index (κ2) is 7.99. The van der Waals surface area contributed by atoms with Crippen LogP contribution in [0.3, 0.4) is 0 Å². The average molecular weight is 317 g/mol. The van der Waals surface area contributed by atoms with Gasteiger partial charge in [0.25, 0.3) is 0 Å². The lowest BCUT2D eigenvalue weighted by molar-refractivity contribution is -0.120. The Morgan fingerprint density at radius 3 is 2.59 bits per heavy atom. The summed E-state index contributed by atoms with van der Waals surface area (Å²) in [5.74, 6) is 0.548. The highest BCUT2D eigenvalue weighted by Crippen LogP contribution is 2.18. The van der Waals surface area contributed by atoms with Gasteiger partial charge in [-0.2, -0.15) is 0 Å². The van der Waals surface area contributed by atoms with E-state index in [9.17, 15) is 9.18 Å². The van der Waals surface area contributed by atoms with Crippen molar-refractivity contribution in [3.05, 3.63) is 71.0 Å². The molecule has 0 aromatic heterocycles. The summed E-state index contributed by atoms with van der Waals surface area (Å²) in [4.78, 5) is 12.1. The summed E-state index contributed by atoms with van der Waals surface area (Å²) in [7, 11) is 0. The predicted octanol–water partition coefficient (Wildman–Crippen LogP) is 4.07. The third-order valence-electron chi connectivity index (χ3n) is 3.33. The summed E-state index contributed by atoms with van der Waals surface area (Å²) >= 11 is 1.61. The lowest BCUT2D eigenvalue weighted by atomic mass is 10.2. The van der Waals surface area contributed by atoms with Crippen LogP contribution in [0.15, 0.2) is 48.5 Å². The predicted molar refractivity (Wildman–Crippen MR) is 90.2 cm³/mol. The van der Waals surface area contributed by atoms with Crippen molar-refractivity contribution >= 4 is 17.7 Å². The van der Waals surface area contributed by atoms with Crippen molar-refractivity contribution in [3.8, 4) is 0 Å². The van der Waals surface area contributed by atoms with E-state index in [1.165, 1.54) is 23.3 Å². The minimum absolute atomic E-state index is 0.00183. The van der Waals surface area contributed by atoms with Crippen LogP contribution in [0.1, 0.15) is 23.6 Å². The number of halogens is 1. The Kier molecular flexibility index (Phi) is 6.01. The number of carbonyl (C=O) groups excluding carboxylic acids is 1. The molecule has 0 radical (unpaired) electrons. The molecule has 2 aromatic rings. The first-order valence-corrected chi connectivity index (χ1v) is 8.29. The lowest BCUT2D eigenvalue weighted by Crippen LogP contribution is -2.30. The quantitative estimate of drug-likeness (QED) is 0.870. The Bertz CT molecular complexity index is 627. The average Bonchev–Trinajstić information content (AvgIpc) is 2.52. The number of rotatable bonds is 6. The fourth-order valence-electron chi connectivity index (χ4n) is 2.03. The number of benzene rings is 2. The third-order valence-corrected chi connectivity index (χ3v) is 4.55. The minimum atomic E-state index is -0.267. The molecule has 0 aliphatic carbocycles. The molecule has 0 aliphatic rings. The van der Waals surface area contributed by atoms with Gasteiger partial charge >= 0.3 is 0 Å². The van der Waals surface area contributed by atoms with E-state index in [1.807, 2.05) is 13.0 Å². The molecule has 2 nitrogen and oxygen atoms in total. The Hall–Kier alpha value is -1.81. The number of aryl methyl sites for hydroxylation is 1. The van der Waals surface area contributed by atoms with Crippen LogP contribution in [0.2, 0.25) is 0 Å². The highest BCUT2D eigenvalue weighted by atomic mass is 32.2. The van der Waals surface area contributed by atoms with Gasteiger partial charge in [0.15, 0.2) is 0 Å². The SMILES string of the molecule is Cc1cccc(CSC(C)C(=O)NCc2ccc(F)cc2)c1. The number of amides is 1. The van der Waals surface area contributed by atoms with E-state index in [0.29, 0.717) is 6.54 Å². The molecule has 0 heterocycles. The fraction of sp³-hybridized carbons (Fsp3) is 0.278. The summed E-state index contributed by atoms with van der Waals surface area (Å²) < 4.78 is 12.8. The lowest BCUT2D eigenvalue weighted by Gasteiger charge is -2.12. The molecule has 1 atom stereocenters. The monoisotopic (exact) mass is 317 g/mol. The standard InChI is InChI=1S/C18H20FNOS/c1-13-4-3-5-16(10-13)12-22-14(2)18(21)20-11-15-6-8-17(19)9-7-15/h3-10,14H,11-12H2,1-2H3,(H,20,21). The highest BCUT2D eigenvalue weighted by Gasteiger charge is 2.13. The van der Waals surface area contributed by atoms with Gasteiger partial charge in [-0.3, -0.25) is 4.79 Å². The third kappa shape index (κ3) is 5.19. The first-order valence-electron chi connectivity index (χ1n) is 7.24. The van der Waals surface area contributed by atoms with Gasteiger partial charge in [-0.05, 0) is 37.1 Å². The molecule has 0 fully saturated rings. The van der Waals surface area contributed by atoms with Crippen LogP contribution in [-0.2, 0) is 17.1 Å². The van der Waals surface area contributed by atoms with Gasteiger partial charge < -0.3 is 5.32 Å². The molecule has 22 heavy (non-hydrogen) atoms. The molecule has 2 rings (SSSR count). The Morgan fingerprint density at radius 2 is 1.91 bits per heavy atom. The summed E-state index contributed by atoms with van der Waals surface area (Å²) in [6.45, 7) is 4.39. The molecule has 0 aliphatic heterocycles. The Morgan fingerprint density at radius 1 is 1.18 bits per heavy atom. The van der Waals surface area contributed by atoms with E-state index in [0.717, 1.165) is 11.3 Å². The second-order valence-corrected chi connectivity index (χ2v) is 6.62. The van der Waals surface area contributed by atoms with Gasteiger partial charge in [0.2, 0.25) is 5.91 Å². The van der Waals surface area contributed by atoms with Crippen molar-refractivity contribution < 1.29 is 9.18 Å². The van der Waals surface area contributed by atoms with Crippen LogP contribution in [0, 0.1) is 12.7 Å². The van der Waals surface area contributed by atoms with Crippen LogP contribution in [0.25, 0.3) is 0 Å². The number of hydrogen-bond donors (Lipinski definition) is 1. The van der Waals surface area contributed by atoms with Gasteiger partial charge in [-0.25, -0.2) is 4.39 Å². The first kappa shape index (κ1) is 16.6. The van der Waals surface area contributed by atoms with Crippen LogP contribution >= 0.6 is 11.8 Å². The fourth-order valence-corrected chi connectivity index (χ4v) is 2.89. The molecular weight excluding hydrogens is 297 g/mol. The maximum Gasteiger partial charge on any atom is 0.233 e. The summed E-state index contributed by atoms with van der Waals surface area (Å²) in [6.07, 6.45) is 0. The van der Waals surface area contributed by atoms with Crippen molar-refractivity contribution in [2.45, 2.75) is 31.4 Å². The van der Waals surface area contributed by atoms with Crippen LogP contribution < -0.4 is 5.32 Å². The summed E-state index contributed by atoms with van der Waals surface area (Å²) in [5.41, 5.74) is 3.35. The molecule has 1 unspecified atom stereocenters. The van der Waals surface area contributed by atoms with E-state index in [-0.39, 0.29) is 17.0 Å². The molecule has 0 spiro atoms. The van der Waals surface area contributed by atoms with Crippen LogP contribution in [-0.4, -0.2) is 11.2 Å². The molecule has 4 heteroatoms. The van der Waals surface area contributed by atoms with Crippen molar-refractivity contribution in [3.63, 3.8) is 0 Å². The van der Waals surface area contributed by atoms with Crippen molar-refractivity contribution in [2.75, 3.05) is 0 Å². The Balaban J connectivity index is 1.78. The Labute approximate surface area is 135 Å².